The van der Waals surface area contributed by atoms with E-state index in [1.165, 1.54) is 6.20 Å². The molecule has 0 radical (unpaired) electrons. The molecule has 2 aliphatic rings. The molecule has 1 aromatic rings. The second kappa shape index (κ2) is 5.37. The Bertz CT molecular complexity index is 619. The van der Waals surface area contributed by atoms with Gasteiger partial charge in [0.15, 0.2) is 0 Å². The Morgan fingerprint density at radius 2 is 2.05 bits per heavy atom. The van der Waals surface area contributed by atoms with Gasteiger partial charge in [-0.2, -0.15) is 0 Å². The van der Waals surface area contributed by atoms with Gasteiger partial charge in [-0.3, -0.25) is 4.79 Å². The van der Waals surface area contributed by atoms with Crippen LogP contribution in [0.2, 0.25) is 0 Å². The van der Waals surface area contributed by atoms with Crippen LogP contribution in [0.5, 0.6) is 0 Å². The summed E-state index contributed by atoms with van der Waals surface area (Å²) in [6, 6.07) is 2.94. The molecule has 1 aromatic heterocycles. The van der Waals surface area contributed by atoms with Gasteiger partial charge < -0.3 is 15.6 Å². The highest BCUT2D eigenvalue weighted by Crippen LogP contribution is 2.58. The summed E-state index contributed by atoms with van der Waals surface area (Å²) >= 11 is 0. The van der Waals surface area contributed by atoms with Crippen molar-refractivity contribution in [3.8, 4) is 0 Å². The maximum atomic E-state index is 13.2. The number of H-pyrrole nitrogens is 1. The number of nitrogens with one attached hydrogen (secondary N) is 3. The minimum Gasteiger partial charge on any atom is -0.335 e. The topological polar surface area (TPSA) is 74.0 Å². The van der Waals surface area contributed by atoms with Crippen molar-refractivity contribution in [3.05, 3.63) is 34.2 Å². The molecule has 2 aliphatic carbocycles. The van der Waals surface area contributed by atoms with Gasteiger partial charge in [0.2, 0.25) is 5.92 Å². The van der Waals surface area contributed by atoms with E-state index in [4.69, 9.17) is 0 Å². The van der Waals surface area contributed by atoms with Crippen LogP contribution >= 0.6 is 0 Å². The minimum atomic E-state index is -2.55. The molecule has 120 valence electrons. The Morgan fingerprint density at radius 1 is 1.32 bits per heavy atom. The van der Waals surface area contributed by atoms with Crippen molar-refractivity contribution in [3.63, 3.8) is 0 Å². The lowest BCUT2D eigenvalue weighted by Crippen LogP contribution is -2.40. The Morgan fingerprint density at radius 3 is 2.73 bits per heavy atom. The number of halogens is 2. The Hall–Kier alpha value is -1.92. The van der Waals surface area contributed by atoms with Crippen molar-refractivity contribution in [1.82, 2.24) is 15.6 Å². The summed E-state index contributed by atoms with van der Waals surface area (Å²) in [5.41, 5.74) is 0.101. The first-order chi connectivity index (χ1) is 10.4. The first kappa shape index (κ1) is 15.0. The van der Waals surface area contributed by atoms with E-state index in [1.807, 2.05) is 0 Å². The highest BCUT2D eigenvalue weighted by atomic mass is 19.3. The van der Waals surface area contributed by atoms with E-state index in [1.54, 1.807) is 12.1 Å². The van der Waals surface area contributed by atoms with Crippen LogP contribution < -0.4 is 16.2 Å². The number of urea groups is 1. The number of amides is 2. The number of aromatic amines is 1. The monoisotopic (exact) mass is 311 g/mol. The molecule has 1 unspecified atom stereocenters. The Labute approximate surface area is 126 Å². The molecule has 3 rings (SSSR count). The smallest absolute Gasteiger partial charge is 0.315 e. The number of hydrogen-bond acceptors (Lipinski definition) is 2. The number of rotatable bonds is 3. The molecule has 1 spiro atoms. The summed E-state index contributed by atoms with van der Waals surface area (Å²) in [6.45, 7) is 0.139. The molecule has 1 atom stereocenters. The van der Waals surface area contributed by atoms with Gasteiger partial charge in [-0.05, 0) is 30.7 Å². The third-order valence-electron chi connectivity index (χ3n) is 4.81. The highest BCUT2D eigenvalue weighted by Gasteiger charge is 2.58. The number of carbonyl (C=O) groups is 1. The zero-order valence-electron chi connectivity index (χ0n) is 12.1. The van der Waals surface area contributed by atoms with Crippen LogP contribution in [0.4, 0.5) is 13.6 Å². The van der Waals surface area contributed by atoms with Crippen LogP contribution in [0.15, 0.2) is 23.1 Å². The van der Waals surface area contributed by atoms with Gasteiger partial charge in [0.1, 0.15) is 0 Å². The molecular formula is C15H19F2N3O2. The van der Waals surface area contributed by atoms with Crippen LogP contribution in [0, 0.1) is 5.41 Å². The van der Waals surface area contributed by atoms with Gasteiger partial charge in [-0.25, -0.2) is 13.6 Å². The molecule has 2 fully saturated rings. The summed E-state index contributed by atoms with van der Waals surface area (Å²) in [4.78, 5) is 25.9. The second-order valence-electron chi connectivity index (χ2n) is 6.33. The maximum absolute atomic E-state index is 13.2. The molecule has 0 saturated heterocycles. The summed E-state index contributed by atoms with van der Waals surface area (Å²) < 4.78 is 26.4. The van der Waals surface area contributed by atoms with Crippen molar-refractivity contribution in [1.29, 1.82) is 0 Å². The van der Waals surface area contributed by atoms with Crippen molar-refractivity contribution >= 4 is 6.03 Å². The molecule has 3 N–H and O–H groups in total. The first-order valence-electron chi connectivity index (χ1n) is 7.49. The van der Waals surface area contributed by atoms with Crippen LogP contribution in [0.1, 0.15) is 37.7 Å². The number of alkyl halides is 2. The Kier molecular flexibility index (Phi) is 3.66. The van der Waals surface area contributed by atoms with Crippen molar-refractivity contribution in [2.45, 2.75) is 50.6 Å². The number of hydrogen-bond donors (Lipinski definition) is 3. The highest BCUT2D eigenvalue weighted by molar-refractivity contribution is 5.74. The third-order valence-corrected chi connectivity index (χ3v) is 4.81. The lowest BCUT2D eigenvalue weighted by atomic mass is 9.83. The van der Waals surface area contributed by atoms with Crippen molar-refractivity contribution in [2.24, 2.45) is 5.41 Å². The minimum absolute atomic E-state index is 0.0299. The number of aromatic nitrogens is 1. The lowest BCUT2D eigenvalue weighted by molar-refractivity contribution is -0.0506. The van der Waals surface area contributed by atoms with Gasteiger partial charge in [0.25, 0.3) is 5.56 Å². The standard InChI is InChI=1S/C15H19F2N3O2/c16-15(17)5-3-14(4-6-15)8-11(14)20-13(22)19-9-10-2-1-7-18-12(10)21/h1-2,7,11H,3-6,8-9H2,(H,18,21)(H2,19,20,22). The van der Waals surface area contributed by atoms with Gasteiger partial charge in [0.05, 0.1) is 0 Å². The van der Waals surface area contributed by atoms with Gasteiger partial charge in [0, 0.05) is 37.2 Å². The predicted molar refractivity (Wildman–Crippen MR) is 76.7 cm³/mol. The van der Waals surface area contributed by atoms with E-state index in [-0.39, 0.29) is 42.4 Å². The zero-order chi connectivity index (χ0) is 15.8. The average Bonchev–Trinajstić information content (AvgIpc) is 3.14. The van der Waals surface area contributed by atoms with Gasteiger partial charge in [-0.15, -0.1) is 0 Å². The number of pyridine rings is 1. The summed E-state index contributed by atoms with van der Waals surface area (Å²) in [7, 11) is 0. The molecule has 5 nitrogen and oxygen atoms in total. The van der Waals surface area contributed by atoms with E-state index in [0.29, 0.717) is 18.4 Å². The summed E-state index contributed by atoms with van der Waals surface area (Å²) in [5.74, 6) is -2.55. The Balaban J connectivity index is 1.46. The van der Waals surface area contributed by atoms with Crippen LogP contribution in [0.25, 0.3) is 0 Å². The van der Waals surface area contributed by atoms with Crippen LogP contribution in [0.3, 0.4) is 0 Å². The largest absolute Gasteiger partial charge is 0.335 e. The van der Waals surface area contributed by atoms with E-state index in [2.05, 4.69) is 15.6 Å². The first-order valence-corrected chi connectivity index (χ1v) is 7.49. The van der Waals surface area contributed by atoms with Crippen LogP contribution in [-0.2, 0) is 6.54 Å². The van der Waals surface area contributed by atoms with Crippen molar-refractivity contribution < 1.29 is 13.6 Å². The zero-order valence-corrected chi connectivity index (χ0v) is 12.1. The average molecular weight is 311 g/mol. The van der Waals surface area contributed by atoms with Gasteiger partial charge >= 0.3 is 6.03 Å². The lowest BCUT2D eigenvalue weighted by Gasteiger charge is -2.29. The molecule has 2 saturated carbocycles. The van der Waals surface area contributed by atoms with Crippen molar-refractivity contribution in [2.75, 3.05) is 0 Å². The fourth-order valence-corrected chi connectivity index (χ4v) is 3.20. The molecular weight excluding hydrogens is 292 g/mol. The van der Waals surface area contributed by atoms with Crippen LogP contribution in [-0.4, -0.2) is 23.0 Å². The molecule has 0 aromatic carbocycles. The fourth-order valence-electron chi connectivity index (χ4n) is 3.20. The summed E-state index contributed by atoms with van der Waals surface area (Å²) in [5, 5.41) is 5.46. The second-order valence-corrected chi connectivity index (χ2v) is 6.33. The normalized spacial score (nSPS) is 24.7. The van der Waals surface area contributed by atoms with E-state index in [9.17, 15) is 18.4 Å². The van der Waals surface area contributed by atoms with Gasteiger partial charge in [-0.1, -0.05) is 6.07 Å². The SMILES string of the molecule is O=C(NCc1ccc[nH]c1=O)NC1CC12CCC(F)(F)CC2. The third kappa shape index (κ3) is 3.13. The maximum Gasteiger partial charge on any atom is 0.315 e. The van der Waals surface area contributed by atoms with E-state index >= 15 is 0 Å². The van der Waals surface area contributed by atoms with E-state index in [0.717, 1.165) is 6.42 Å². The molecule has 0 aliphatic heterocycles. The molecule has 7 heteroatoms. The fraction of sp³-hybridized carbons (Fsp3) is 0.600. The molecule has 1 heterocycles. The molecule has 2 amide bonds. The quantitative estimate of drug-likeness (QED) is 0.800. The number of carbonyl (C=O) groups excluding carboxylic acids is 1. The summed E-state index contributed by atoms with van der Waals surface area (Å²) in [6.07, 6.45) is 3.03. The molecule has 22 heavy (non-hydrogen) atoms. The molecule has 0 bridgehead atoms. The predicted octanol–water partition coefficient (Wildman–Crippen LogP) is 2.14. The van der Waals surface area contributed by atoms with E-state index < -0.39 is 5.92 Å².